The van der Waals surface area contributed by atoms with Crippen LogP contribution in [0.25, 0.3) is 11.2 Å². The van der Waals surface area contributed by atoms with Crippen molar-refractivity contribution in [1.82, 2.24) is 19.9 Å². The van der Waals surface area contributed by atoms with Gasteiger partial charge in [-0.25, -0.2) is 15.0 Å². The van der Waals surface area contributed by atoms with E-state index in [4.69, 9.17) is 4.74 Å². The first-order valence-corrected chi connectivity index (χ1v) is 6.91. The van der Waals surface area contributed by atoms with Crippen molar-refractivity contribution in [2.45, 2.75) is 19.9 Å². The average Bonchev–Trinajstić information content (AvgIpc) is 2.98. The maximum absolute atomic E-state index is 5.45. The van der Waals surface area contributed by atoms with Gasteiger partial charge in [-0.2, -0.15) is 0 Å². The number of hydrogen-bond acceptors (Lipinski definition) is 5. The number of anilines is 1. The predicted octanol–water partition coefficient (Wildman–Crippen LogP) is 2.92. The summed E-state index contributed by atoms with van der Waals surface area (Å²) in [4.78, 5) is 15.6. The second kappa shape index (κ2) is 5.78. The van der Waals surface area contributed by atoms with Gasteiger partial charge in [-0.3, -0.25) is 0 Å². The van der Waals surface area contributed by atoms with Crippen LogP contribution in [0.15, 0.2) is 36.9 Å². The molecule has 0 saturated carbocycles. The highest BCUT2D eigenvalue weighted by Gasteiger charge is 2.10. The number of H-pyrrole nitrogens is 1. The van der Waals surface area contributed by atoms with Gasteiger partial charge in [-0.05, 0) is 31.5 Å². The summed E-state index contributed by atoms with van der Waals surface area (Å²) < 4.78 is 5.45. The summed E-state index contributed by atoms with van der Waals surface area (Å²) in [6.07, 6.45) is 3.13. The number of aromatic amines is 1. The molecular weight excluding hydrogens is 266 g/mol. The Morgan fingerprint density at radius 2 is 2.00 bits per heavy atom. The fourth-order valence-electron chi connectivity index (χ4n) is 2.18. The number of hydrogen-bond donors (Lipinski definition) is 2. The van der Waals surface area contributed by atoms with Crippen molar-refractivity contribution in [1.29, 1.82) is 0 Å². The Morgan fingerprint density at radius 3 is 2.76 bits per heavy atom. The minimum Gasteiger partial charge on any atom is -0.494 e. The molecule has 1 aromatic carbocycles. The van der Waals surface area contributed by atoms with Crippen LogP contribution in [-0.2, 0) is 0 Å². The van der Waals surface area contributed by atoms with E-state index in [0.717, 1.165) is 22.6 Å². The Morgan fingerprint density at radius 1 is 1.19 bits per heavy atom. The molecule has 0 unspecified atom stereocenters. The van der Waals surface area contributed by atoms with Gasteiger partial charge in [0.05, 0.1) is 19.0 Å². The molecule has 0 radical (unpaired) electrons. The Bertz CT molecular complexity index is 722. The number of rotatable bonds is 5. The molecule has 6 heteroatoms. The molecule has 0 aliphatic carbocycles. The van der Waals surface area contributed by atoms with Gasteiger partial charge in [0.25, 0.3) is 0 Å². The number of benzene rings is 1. The van der Waals surface area contributed by atoms with Crippen LogP contribution >= 0.6 is 0 Å². The third-order valence-corrected chi connectivity index (χ3v) is 3.27. The zero-order chi connectivity index (χ0) is 14.7. The molecule has 2 N–H and O–H groups in total. The highest BCUT2D eigenvalue weighted by atomic mass is 16.5. The lowest BCUT2D eigenvalue weighted by molar-refractivity contribution is 0.340. The third kappa shape index (κ3) is 2.79. The van der Waals surface area contributed by atoms with Crippen molar-refractivity contribution in [2.24, 2.45) is 0 Å². The molecule has 21 heavy (non-hydrogen) atoms. The molecular formula is C15H17N5O. The van der Waals surface area contributed by atoms with Crippen molar-refractivity contribution in [2.75, 3.05) is 11.9 Å². The Kier molecular flexibility index (Phi) is 3.68. The van der Waals surface area contributed by atoms with E-state index in [1.165, 1.54) is 6.33 Å². The first-order valence-electron chi connectivity index (χ1n) is 6.91. The monoisotopic (exact) mass is 283 g/mol. The highest BCUT2D eigenvalue weighted by molar-refractivity contribution is 5.82. The van der Waals surface area contributed by atoms with Gasteiger partial charge in [0.15, 0.2) is 11.5 Å². The van der Waals surface area contributed by atoms with Gasteiger partial charge in [0.1, 0.15) is 17.6 Å². The fraction of sp³-hybridized carbons (Fsp3) is 0.267. The van der Waals surface area contributed by atoms with Crippen LogP contribution in [-0.4, -0.2) is 26.5 Å². The summed E-state index contributed by atoms with van der Waals surface area (Å²) in [6.45, 7) is 4.73. The zero-order valence-corrected chi connectivity index (χ0v) is 12.0. The number of fused-ring (bicyclic) bond motifs is 1. The van der Waals surface area contributed by atoms with E-state index in [0.29, 0.717) is 12.3 Å². The molecule has 0 bridgehead atoms. The van der Waals surface area contributed by atoms with Gasteiger partial charge < -0.3 is 15.0 Å². The van der Waals surface area contributed by atoms with Gasteiger partial charge in [-0.1, -0.05) is 12.1 Å². The zero-order valence-electron chi connectivity index (χ0n) is 12.0. The largest absolute Gasteiger partial charge is 0.494 e. The van der Waals surface area contributed by atoms with E-state index in [1.807, 2.05) is 31.2 Å². The van der Waals surface area contributed by atoms with E-state index in [-0.39, 0.29) is 6.04 Å². The molecule has 0 amide bonds. The quantitative estimate of drug-likeness (QED) is 0.753. The van der Waals surface area contributed by atoms with Crippen LogP contribution in [0.2, 0.25) is 0 Å². The highest BCUT2D eigenvalue weighted by Crippen LogP contribution is 2.23. The van der Waals surface area contributed by atoms with Gasteiger partial charge in [0, 0.05) is 0 Å². The molecule has 0 saturated heterocycles. The summed E-state index contributed by atoms with van der Waals surface area (Å²) in [5, 5.41) is 3.38. The Hall–Kier alpha value is -2.63. The summed E-state index contributed by atoms with van der Waals surface area (Å²) >= 11 is 0. The minimum absolute atomic E-state index is 0.113. The summed E-state index contributed by atoms with van der Waals surface area (Å²) in [7, 11) is 0. The molecule has 3 aromatic rings. The molecule has 6 nitrogen and oxygen atoms in total. The fourth-order valence-corrected chi connectivity index (χ4v) is 2.18. The van der Waals surface area contributed by atoms with Gasteiger partial charge >= 0.3 is 0 Å². The number of imidazole rings is 1. The van der Waals surface area contributed by atoms with Crippen LogP contribution in [0.4, 0.5) is 5.82 Å². The number of ether oxygens (including phenoxy) is 1. The standard InChI is InChI=1S/C15H17N5O/c1-3-21-12-6-4-11(5-7-12)10(2)20-15-13-14(17-8-16-13)18-9-19-15/h4-10H,3H2,1-2H3,(H2,16,17,18,19,20)/t10-/m1/s1. The second-order valence-electron chi connectivity index (χ2n) is 4.69. The molecule has 3 rings (SSSR count). The minimum atomic E-state index is 0.113. The Labute approximate surface area is 122 Å². The van der Waals surface area contributed by atoms with Crippen molar-refractivity contribution in [3.63, 3.8) is 0 Å². The van der Waals surface area contributed by atoms with Crippen LogP contribution in [0.5, 0.6) is 5.75 Å². The first kappa shape index (κ1) is 13.4. The number of nitrogens with zero attached hydrogens (tertiary/aromatic N) is 3. The first-order chi connectivity index (χ1) is 10.3. The lowest BCUT2D eigenvalue weighted by atomic mass is 10.1. The predicted molar refractivity (Wildman–Crippen MR) is 81.3 cm³/mol. The maximum Gasteiger partial charge on any atom is 0.182 e. The van der Waals surface area contributed by atoms with E-state index in [2.05, 4.69) is 32.2 Å². The molecule has 0 aliphatic rings. The average molecular weight is 283 g/mol. The van der Waals surface area contributed by atoms with E-state index in [9.17, 15) is 0 Å². The Balaban J connectivity index is 1.79. The van der Waals surface area contributed by atoms with Crippen LogP contribution in [0.3, 0.4) is 0 Å². The molecule has 0 aliphatic heterocycles. The van der Waals surface area contributed by atoms with Gasteiger partial charge in [-0.15, -0.1) is 0 Å². The molecule has 108 valence electrons. The van der Waals surface area contributed by atoms with E-state index in [1.54, 1.807) is 6.33 Å². The molecule has 0 spiro atoms. The molecule has 2 heterocycles. The SMILES string of the molecule is CCOc1ccc([C@@H](C)Nc2ncnc3nc[nH]c23)cc1. The van der Waals surface area contributed by atoms with Gasteiger partial charge in [0.2, 0.25) is 0 Å². The van der Waals surface area contributed by atoms with E-state index >= 15 is 0 Å². The lowest BCUT2D eigenvalue weighted by Crippen LogP contribution is -2.08. The van der Waals surface area contributed by atoms with Crippen LogP contribution in [0.1, 0.15) is 25.5 Å². The normalized spacial score (nSPS) is 12.3. The van der Waals surface area contributed by atoms with Crippen molar-refractivity contribution >= 4 is 17.0 Å². The number of nitrogens with one attached hydrogen (secondary N) is 2. The van der Waals surface area contributed by atoms with Crippen molar-refractivity contribution < 1.29 is 4.74 Å². The van der Waals surface area contributed by atoms with Crippen molar-refractivity contribution in [3.05, 3.63) is 42.5 Å². The smallest absolute Gasteiger partial charge is 0.182 e. The van der Waals surface area contributed by atoms with E-state index < -0.39 is 0 Å². The van der Waals surface area contributed by atoms with Crippen molar-refractivity contribution in [3.8, 4) is 5.75 Å². The molecule has 1 atom stereocenters. The molecule has 2 aromatic heterocycles. The number of aromatic nitrogens is 4. The maximum atomic E-state index is 5.45. The van der Waals surface area contributed by atoms with Crippen LogP contribution < -0.4 is 10.1 Å². The molecule has 0 fully saturated rings. The third-order valence-electron chi connectivity index (χ3n) is 3.27. The second-order valence-corrected chi connectivity index (χ2v) is 4.69. The lowest BCUT2D eigenvalue weighted by Gasteiger charge is -2.15. The summed E-state index contributed by atoms with van der Waals surface area (Å²) in [5.41, 5.74) is 2.63. The summed E-state index contributed by atoms with van der Waals surface area (Å²) in [5.74, 6) is 1.63. The topological polar surface area (TPSA) is 75.7 Å². The summed E-state index contributed by atoms with van der Waals surface area (Å²) in [6, 6.07) is 8.16. The van der Waals surface area contributed by atoms with Crippen LogP contribution in [0, 0.1) is 0 Å².